The first kappa shape index (κ1) is 16.3. The second-order valence-electron chi connectivity index (χ2n) is 6.52. The number of fused-ring (bicyclic) bond motifs is 1. The Labute approximate surface area is 150 Å². The Morgan fingerprint density at radius 1 is 1.16 bits per heavy atom. The predicted molar refractivity (Wildman–Crippen MR) is 99.6 cm³/mol. The third-order valence-electron chi connectivity index (χ3n) is 4.85. The number of thiazole rings is 1. The van der Waals surface area contributed by atoms with Crippen LogP contribution in [-0.4, -0.2) is 44.8 Å². The van der Waals surface area contributed by atoms with Crippen molar-refractivity contribution in [3.63, 3.8) is 0 Å². The summed E-state index contributed by atoms with van der Waals surface area (Å²) in [5.74, 6) is 0.241. The summed E-state index contributed by atoms with van der Waals surface area (Å²) in [5, 5.41) is 2.04. The van der Waals surface area contributed by atoms with Crippen LogP contribution in [0.5, 0.6) is 0 Å². The fourth-order valence-corrected chi connectivity index (χ4v) is 3.91. The third kappa shape index (κ3) is 3.45. The number of aromatic nitrogens is 3. The quantitative estimate of drug-likeness (QED) is 0.705. The normalized spacial score (nSPS) is 16.4. The zero-order valence-electron chi connectivity index (χ0n) is 14.2. The number of ketones is 1. The highest BCUT2D eigenvalue weighted by Gasteiger charge is 2.24. The first-order chi connectivity index (χ1) is 12.2. The van der Waals surface area contributed by atoms with E-state index in [0.29, 0.717) is 6.42 Å². The number of carbonyl (C=O) groups is 1. The molecule has 4 heterocycles. The molecule has 0 aliphatic carbocycles. The third-order valence-corrected chi connectivity index (χ3v) is 5.65. The van der Waals surface area contributed by atoms with Gasteiger partial charge < -0.3 is 0 Å². The lowest BCUT2D eigenvalue weighted by Crippen LogP contribution is -2.37. The monoisotopic (exact) mass is 352 g/mol. The van der Waals surface area contributed by atoms with Crippen molar-refractivity contribution in [3.05, 3.63) is 41.9 Å². The van der Waals surface area contributed by atoms with E-state index in [1.165, 1.54) is 12.8 Å². The highest BCUT2D eigenvalue weighted by Crippen LogP contribution is 2.25. The average Bonchev–Trinajstić information content (AvgIpc) is 3.34. The Hall–Kier alpha value is -2.18. The van der Waals surface area contributed by atoms with E-state index in [2.05, 4.69) is 19.9 Å². The molecule has 6 heteroatoms. The number of hydrogen-bond acceptors (Lipinski definition) is 6. The predicted octanol–water partition coefficient (Wildman–Crippen LogP) is 3.35. The zero-order chi connectivity index (χ0) is 17.2. The number of nitrogens with zero attached hydrogens (tertiary/aromatic N) is 4. The van der Waals surface area contributed by atoms with Crippen molar-refractivity contribution in [2.75, 3.05) is 13.1 Å². The Bertz CT molecular complexity index is 888. The van der Waals surface area contributed by atoms with Crippen LogP contribution < -0.4 is 0 Å². The molecule has 0 radical (unpaired) electrons. The van der Waals surface area contributed by atoms with Crippen LogP contribution in [0.15, 0.2) is 36.2 Å². The molecule has 5 nitrogen and oxygen atoms in total. The van der Waals surface area contributed by atoms with Crippen molar-refractivity contribution in [1.29, 1.82) is 0 Å². The molecule has 1 unspecified atom stereocenters. The Morgan fingerprint density at radius 3 is 2.72 bits per heavy atom. The van der Waals surface area contributed by atoms with Crippen molar-refractivity contribution < 1.29 is 4.79 Å². The second kappa shape index (κ2) is 6.98. The minimum absolute atomic E-state index is 0.0230. The van der Waals surface area contributed by atoms with Crippen LogP contribution in [0.3, 0.4) is 0 Å². The lowest BCUT2D eigenvalue weighted by Gasteiger charge is -2.22. The van der Waals surface area contributed by atoms with Crippen LogP contribution in [0, 0.1) is 0 Å². The summed E-state index contributed by atoms with van der Waals surface area (Å²) in [4.78, 5) is 28.9. The summed E-state index contributed by atoms with van der Waals surface area (Å²) in [6.07, 6.45) is 8.23. The molecule has 3 aromatic rings. The number of carbonyl (C=O) groups excluding carboxylic acids is 1. The van der Waals surface area contributed by atoms with Crippen molar-refractivity contribution in [1.82, 2.24) is 19.9 Å². The largest absolute Gasteiger partial charge is 0.298 e. The molecule has 1 fully saturated rings. The summed E-state index contributed by atoms with van der Waals surface area (Å²) < 4.78 is 0. The van der Waals surface area contributed by atoms with E-state index < -0.39 is 0 Å². The molecule has 0 amide bonds. The Kier molecular flexibility index (Phi) is 4.55. The van der Waals surface area contributed by atoms with Gasteiger partial charge in [-0.25, -0.2) is 0 Å². The van der Waals surface area contributed by atoms with Gasteiger partial charge in [-0.2, -0.15) is 0 Å². The fraction of sp³-hybridized carbons (Fsp3) is 0.368. The van der Waals surface area contributed by atoms with Crippen LogP contribution in [0.1, 0.15) is 25.5 Å². The maximum atomic E-state index is 12.6. The van der Waals surface area contributed by atoms with Crippen LogP contribution in [0.25, 0.3) is 21.3 Å². The van der Waals surface area contributed by atoms with Gasteiger partial charge in [0.25, 0.3) is 0 Å². The smallest absolute Gasteiger partial charge is 0.155 e. The molecule has 128 valence electrons. The molecule has 3 aromatic heterocycles. The summed E-state index contributed by atoms with van der Waals surface area (Å²) in [7, 11) is 0. The van der Waals surface area contributed by atoms with Crippen molar-refractivity contribution >= 4 is 27.9 Å². The summed E-state index contributed by atoms with van der Waals surface area (Å²) in [6.45, 7) is 4.07. The molecule has 1 saturated heterocycles. The number of pyridine rings is 2. The maximum absolute atomic E-state index is 12.6. The van der Waals surface area contributed by atoms with Gasteiger partial charge in [0, 0.05) is 29.7 Å². The van der Waals surface area contributed by atoms with Gasteiger partial charge in [0.2, 0.25) is 0 Å². The van der Waals surface area contributed by atoms with Gasteiger partial charge in [0.15, 0.2) is 5.78 Å². The summed E-state index contributed by atoms with van der Waals surface area (Å²) in [6, 6.07) is 4.03. The first-order valence-corrected chi connectivity index (χ1v) is 9.49. The van der Waals surface area contributed by atoms with E-state index in [9.17, 15) is 4.79 Å². The topological polar surface area (TPSA) is 59.0 Å². The van der Waals surface area contributed by atoms with E-state index in [-0.39, 0.29) is 11.8 Å². The van der Waals surface area contributed by atoms with E-state index >= 15 is 0 Å². The maximum Gasteiger partial charge on any atom is 0.155 e. The molecule has 1 aliphatic rings. The summed E-state index contributed by atoms with van der Waals surface area (Å²) >= 11 is 1.57. The van der Waals surface area contributed by atoms with E-state index in [4.69, 9.17) is 0 Å². The highest BCUT2D eigenvalue weighted by atomic mass is 32.1. The van der Waals surface area contributed by atoms with E-state index in [0.717, 1.165) is 40.1 Å². The Balaban J connectivity index is 1.56. The molecule has 1 atom stereocenters. The average molecular weight is 352 g/mol. The van der Waals surface area contributed by atoms with Gasteiger partial charge >= 0.3 is 0 Å². The molecule has 25 heavy (non-hydrogen) atoms. The van der Waals surface area contributed by atoms with Gasteiger partial charge in [0.05, 0.1) is 28.5 Å². The molecular formula is C19H20N4OS. The standard InChI is InChI=1S/C19H20N4OS/c1-13(23-4-2-3-5-23)18(24)8-16-6-14-7-17(19-11-20-12-25-19)22-10-15(14)9-21-16/h6-7,9-13H,2-5,8H2,1H3. The molecule has 1 aliphatic heterocycles. The molecule has 0 saturated carbocycles. The van der Waals surface area contributed by atoms with Crippen molar-refractivity contribution in [2.45, 2.75) is 32.2 Å². The SMILES string of the molecule is CC(C(=O)Cc1cc2cc(-c3cncs3)ncc2cn1)N1CCCC1. The molecule has 0 spiro atoms. The molecule has 0 aromatic carbocycles. The van der Waals surface area contributed by atoms with Gasteiger partial charge in [-0.1, -0.05) is 0 Å². The minimum Gasteiger partial charge on any atom is -0.298 e. The van der Waals surface area contributed by atoms with Crippen LogP contribution >= 0.6 is 11.3 Å². The van der Waals surface area contributed by atoms with E-state index in [1.807, 2.05) is 37.6 Å². The molecular weight excluding hydrogens is 332 g/mol. The number of likely N-dealkylation sites (tertiary alicyclic amines) is 1. The number of rotatable bonds is 5. The van der Waals surface area contributed by atoms with E-state index in [1.54, 1.807) is 16.8 Å². The van der Waals surface area contributed by atoms with Gasteiger partial charge in [-0.3, -0.25) is 24.6 Å². The van der Waals surface area contributed by atoms with Crippen LogP contribution in [0.2, 0.25) is 0 Å². The second-order valence-corrected chi connectivity index (χ2v) is 7.41. The first-order valence-electron chi connectivity index (χ1n) is 8.61. The van der Waals surface area contributed by atoms with Gasteiger partial charge in [0.1, 0.15) is 0 Å². The van der Waals surface area contributed by atoms with Crippen LogP contribution in [-0.2, 0) is 11.2 Å². The number of hydrogen-bond donors (Lipinski definition) is 0. The van der Waals surface area contributed by atoms with Crippen LogP contribution in [0.4, 0.5) is 0 Å². The van der Waals surface area contributed by atoms with Crippen molar-refractivity contribution in [2.24, 2.45) is 0 Å². The highest BCUT2D eigenvalue weighted by molar-refractivity contribution is 7.13. The lowest BCUT2D eigenvalue weighted by molar-refractivity contribution is -0.122. The lowest BCUT2D eigenvalue weighted by atomic mass is 10.1. The molecule has 4 rings (SSSR count). The van der Waals surface area contributed by atoms with Gasteiger partial charge in [-0.05, 0) is 50.4 Å². The Morgan fingerprint density at radius 2 is 1.96 bits per heavy atom. The van der Waals surface area contributed by atoms with Gasteiger partial charge in [-0.15, -0.1) is 11.3 Å². The summed E-state index contributed by atoms with van der Waals surface area (Å²) in [5.41, 5.74) is 3.53. The van der Waals surface area contributed by atoms with Crippen molar-refractivity contribution in [3.8, 4) is 10.6 Å². The molecule has 0 bridgehead atoms. The fourth-order valence-electron chi connectivity index (χ4n) is 3.32. The number of Topliss-reactive ketones (excluding diaryl/α,β-unsaturated/α-hetero) is 1. The molecule has 0 N–H and O–H groups in total. The zero-order valence-corrected chi connectivity index (χ0v) is 15.0. The minimum atomic E-state index is -0.0230.